The number of hydrogen-bond acceptors (Lipinski definition) is 6. The summed E-state index contributed by atoms with van der Waals surface area (Å²) in [5, 5.41) is 6.01. The number of aromatic nitrogens is 1. The molecule has 186 valence electrons. The highest BCUT2D eigenvalue weighted by atomic mass is 35.5. The van der Waals surface area contributed by atoms with Gasteiger partial charge in [0.05, 0.1) is 17.0 Å². The van der Waals surface area contributed by atoms with E-state index in [2.05, 4.69) is 10.3 Å². The molecule has 0 unspecified atom stereocenters. The van der Waals surface area contributed by atoms with Crippen molar-refractivity contribution in [2.75, 3.05) is 26.7 Å². The summed E-state index contributed by atoms with van der Waals surface area (Å²) in [7, 11) is -1.96. The average molecular weight is 534 g/mol. The molecule has 1 N–H and O–H groups in total. The monoisotopic (exact) mass is 533 g/mol. The zero-order valence-electron chi connectivity index (χ0n) is 19.7. The Hall–Kier alpha value is -2.46. The number of methoxy groups -OCH3 is 1. The van der Waals surface area contributed by atoms with Gasteiger partial charge >= 0.3 is 0 Å². The molecule has 35 heavy (non-hydrogen) atoms. The normalized spacial score (nSPS) is 15.2. The number of rotatable bonds is 8. The van der Waals surface area contributed by atoms with Crippen LogP contribution >= 0.6 is 22.9 Å². The van der Waals surface area contributed by atoms with Gasteiger partial charge in [0.1, 0.15) is 11.4 Å². The van der Waals surface area contributed by atoms with E-state index in [0.29, 0.717) is 49.6 Å². The van der Waals surface area contributed by atoms with Crippen molar-refractivity contribution in [2.24, 2.45) is 0 Å². The third-order valence-electron chi connectivity index (χ3n) is 6.17. The molecule has 1 amide bonds. The van der Waals surface area contributed by atoms with Crippen LogP contribution in [-0.4, -0.2) is 50.4 Å². The lowest BCUT2D eigenvalue weighted by Gasteiger charge is -2.30. The van der Waals surface area contributed by atoms with Crippen molar-refractivity contribution < 1.29 is 17.9 Å². The van der Waals surface area contributed by atoms with Crippen LogP contribution < -0.4 is 10.1 Å². The van der Waals surface area contributed by atoms with Crippen LogP contribution in [-0.2, 0) is 16.4 Å². The van der Waals surface area contributed by atoms with Gasteiger partial charge in [-0.1, -0.05) is 29.8 Å². The van der Waals surface area contributed by atoms with Crippen molar-refractivity contribution in [3.63, 3.8) is 0 Å². The molecule has 1 aromatic heterocycles. The fourth-order valence-corrected chi connectivity index (χ4v) is 6.76. The molecule has 0 bridgehead atoms. The molecule has 2 heterocycles. The number of hydrogen-bond donors (Lipinski definition) is 1. The smallest absolute Gasteiger partial charge is 0.270 e. The van der Waals surface area contributed by atoms with E-state index in [-0.39, 0.29) is 16.7 Å². The van der Waals surface area contributed by atoms with E-state index in [1.54, 1.807) is 24.6 Å². The number of benzene rings is 2. The second kappa shape index (κ2) is 11.1. The Kier molecular flexibility index (Phi) is 8.11. The molecule has 0 radical (unpaired) electrons. The first kappa shape index (κ1) is 25.6. The molecule has 1 fully saturated rings. The Morgan fingerprint density at radius 3 is 2.71 bits per heavy atom. The highest BCUT2D eigenvalue weighted by molar-refractivity contribution is 7.89. The molecule has 3 aromatic rings. The molecule has 1 saturated heterocycles. The van der Waals surface area contributed by atoms with E-state index in [1.165, 1.54) is 21.7 Å². The zero-order valence-corrected chi connectivity index (χ0v) is 22.0. The molecule has 0 atom stereocenters. The Morgan fingerprint density at radius 1 is 1.23 bits per heavy atom. The van der Waals surface area contributed by atoms with Gasteiger partial charge in [0.25, 0.3) is 5.91 Å². The van der Waals surface area contributed by atoms with Crippen molar-refractivity contribution in [1.82, 2.24) is 14.6 Å². The SMILES string of the molecule is COc1cccc(CCNC(=O)c2csc(C3CCN(S(=O)(=O)c4ccc(C)c(Cl)c4)CC3)n2)c1. The van der Waals surface area contributed by atoms with E-state index in [4.69, 9.17) is 16.3 Å². The van der Waals surface area contributed by atoms with Gasteiger partial charge in [-0.05, 0) is 61.6 Å². The fourth-order valence-electron chi connectivity index (χ4n) is 4.04. The maximum atomic E-state index is 13.0. The molecule has 7 nitrogen and oxygen atoms in total. The molecule has 10 heteroatoms. The lowest BCUT2D eigenvalue weighted by molar-refractivity contribution is 0.0949. The third-order valence-corrected chi connectivity index (χ3v) is 9.48. The van der Waals surface area contributed by atoms with Crippen molar-refractivity contribution in [3.8, 4) is 5.75 Å². The van der Waals surface area contributed by atoms with Crippen LogP contribution in [0.3, 0.4) is 0 Å². The number of carbonyl (C=O) groups is 1. The van der Waals surface area contributed by atoms with Gasteiger partial charge in [0.15, 0.2) is 0 Å². The maximum Gasteiger partial charge on any atom is 0.270 e. The van der Waals surface area contributed by atoms with Crippen molar-refractivity contribution in [3.05, 3.63) is 74.7 Å². The predicted octanol–water partition coefficient (Wildman–Crippen LogP) is 4.65. The summed E-state index contributed by atoms with van der Waals surface area (Å²) in [6, 6.07) is 12.6. The van der Waals surface area contributed by atoms with Crippen LogP contribution in [0.1, 0.15) is 45.4 Å². The maximum absolute atomic E-state index is 13.0. The van der Waals surface area contributed by atoms with Gasteiger partial charge in [-0.3, -0.25) is 4.79 Å². The molecule has 0 saturated carbocycles. The van der Waals surface area contributed by atoms with E-state index >= 15 is 0 Å². The Morgan fingerprint density at radius 2 is 2.00 bits per heavy atom. The van der Waals surface area contributed by atoms with E-state index in [1.807, 2.05) is 31.2 Å². The number of amides is 1. The van der Waals surface area contributed by atoms with Crippen LogP contribution in [0.25, 0.3) is 0 Å². The van der Waals surface area contributed by atoms with Crippen LogP contribution in [0, 0.1) is 6.92 Å². The number of ether oxygens (including phenoxy) is 1. The second-order valence-electron chi connectivity index (χ2n) is 8.52. The Labute approximate surface area is 215 Å². The van der Waals surface area contributed by atoms with Gasteiger partial charge in [0.2, 0.25) is 10.0 Å². The van der Waals surface area contributed by atoms with Crippen LogP contribution in [0.2, 0.25) is 5.02 Å². The van der Waals surface area contributed by atoms with E-state index < -0.39 is 10.0 Å². The third kappa shape index (κ3) is 6.03. The molecular weight excluding hydrogens is 506 g/mol. The van der Waals surface area contributed by atoms with Crippen LogP contribution in [0.4, 0.5) is 0 Å². The number of thiazole rings is 1. The van der Waals surface area contributed by atoms with Crippen LogP contribution in [0.5, 0.6) is 5.75 Å². The Bertz CT molecular complexity index is 1300. The largest absolute Gasteiger partial charge is 0.497 e. The zero-order chi connectivity index (χ0) is 25.0. The van der Waals surface area contributed by atoms with Gasteiger partial charge in [0, 0.05) is 36.0 Å². The number of piperidine rings is 1. The number of halogens is 1. The van der Waals surface area contributed by atoms with Gasteiger partial charge in [-0.15, -0.1) is 11.3 Å². The standard InChI is InChI=1S/C25H28ClN3O4S2/c1-17-6-7-21(15-22(17)26)35(31,32)29-12-9-19(10-13-29)25-28-23(16-34-25)24(30)27-11-8-18-4-3-5-20(14-18)33-2/h3-7,14-16,19H,8-13H2,1-2H3,(H,27,30). The summed E-state index contributed by atoms with van der Waals surface area (Å²) in [5.74, 6) is 0.720. The summed E-state index contributed by atoms with van der Waals surface area (Å²) in [6.07, 6.45) is 2.01. The van der Waals surface area contributed by atoms with Gasteiger partial charge < -0.3 is 10.1 Å². The highest BCUT2D eigenvalue weighted by Gasteiger charge is 2.31. The topological polar surface area (TPSA) is 88.6 Å². The minimum Gasteiger partial charge on any atom is -0.497 e. The Balaban J connectivity index is 1.30. The summed E-state index contributed by atoms with van der Waals surface area (Å²) in [5.41, 5.74) is 2.33. The number of carbonyl (C=O) groups excluding carboxylic acids is 1. The quantitative estimate of drug-likeness (QED) is 0.455. The summed E-state index contributed by atoms with van der Waals surface area (Å²) in [6.45, 7) is 3.14. The lowest BCUT2D eigenvalue weighted by Crippen LogP contribution is -2.37. The molecular formula is C25H28ClN3O4S2. The first-order valence-corrected chi connectivity index (χ1v) is 14.1. The number of aryl methyl sites for hydroxylation is 1. The molecule has 0 aliphatic carbocycles. The number of nitrogens with one attached hydrogen (secondary N) is 1. The molecule has 1 aliphatic rings. The summed E-state index contributed by atoms with van der Waals surface area (Å²) in [4.78, 5) is 17.3. The number of nitrogens with zero attached hydrogens (tertiary/aromatic N) is 2. The molecule has 1 aliphatic heterocycles. The van der Waals surface area contributed by atoms with Crippen molar-refractivity contribution >= 4 is 38.9 Å². The summed E-state index contributed by atoms with van der Waals surface area (Å²) < 4.78 is 32.8. The van der Waals surface area contributed by atoms with Crippen LogP contribution in [0.15, 0.2) is 52.7 Å². The van der Waals surface area contributed by atoms with Crippen molar-refractivity contribution in [2.45, 2.75) is 37.0 Å². The average Bonchev–Trinajstić information content (AvgIpc) is 3.36. The first-order chi connectivity index (χ1) is 16.8. The van der Waals surface area contributed by atoms with Crippen molar-refractivity contribution in [1.29, 1.82) is 0 Å². The first-order valence-electron chi connectivity index (χ1n) is 11.4. The molecule has 2 aromatic carbocycles. The minimum absolute atomic E-state index is 0.131. The minimum atomic E-state index is -3.59. The second-order valence-corrected chi connectivity index (χ2v) is 11.8. The highest BCUT2D eigenvalue weighted by Crippen LogP contribution is 2.33. The number of sulfonamides is 1. The van der Waals surface area contributed by atoms with E-state index in [9.17, 15) is 13.2 Å². The summed E-state index contributed by atoms with van der Waals surface area (Å²) >= 11 is 7.59. The fraction of sp³-hybridized carbons (Fsp3) is 0.360. The van der Waals surface area contributed by atoms with Gasteiger partial charge in [-0.25, -0.2) is 13.4 Å². The lowest BCUT2D eigenvalue weighted by atomic mass is 9.99. The molecule has 4 rings (SSSR count). The van der Waals surface area contributed by atoms with E-state index in [0.717, 1.165) is 21.9 Å². The predicted molar refractivity (Wildman–Crippen MR) is 138 cm³/mol. The van der Waals surface area contributed by atoms with Gasteiger partial charge in [-0.2, -0.15) is 4.31 Å². The molecule has 0 spiro atoms.